The number of carbonyl (C=O) groups is 1. The summed E-state index contributed by atoms with van der Waals surface area (Å²) in [6.07, 6.45) is 2.54. The summed E-state index contributed by atoms with van der Waals surface area (Å²) in [5, 5.41) is 2.62. The van der Waals surface area contributed by atoms with Gasteiger partial charge in [0.15, 0.2) is 0 Å². The minimum absolute atomic E-state index is 0.184. The first-order valence-electron chi connectivity index (χ1n) is 8.12. The highest BCUT2D eigenvalue weighted by molar-refractivity contribution is 7.92. The second kappa shape index (κ2) is 8.68. The SMILES string of the molecule is C=CCOc1ccc(NC(=O)[C@H](C)N(c2ccccc2F)S(C)(=O)=O)cc1. The molecule has 0 aliphatic heterocycles. The number of hydrogen-bond acceptors (Lipinski definition) is 4. The molecule has 0 unspecified atom stereocenters. The van der Waals surface area contributed by atoms with Crippen LogP contribution in [0.4, 0.5) is 15.8 Å². The summed E-state index contributed by atoms with van der Waals surface area (Å²) in [5.41, 5.74) is 0.274. The Hall–Kier alpha value is -2.87. The molecule has 0 aliphatic rings. The lowest BCUT2D eigenvalue weighted by molar-refractivity contribution is -0.116. The van der Waals surface area contributed by atoms with Crippen LogP contribution in [0, 0.1) is 5.82 Å². The Morgan fingerprint density at radius 1 is 1.26 bits per heavy atom. The van der Waals surface area contributed by atoms with Crippen molar-refractivity contribution in [2.24, 2.45) is 0 Å². The zero-order chi connectivity index (χ0) is 20.0. The molecule has 0 fully saturated rings. The molecule has 0 saturated heterocycles. The highest BCUT2D eigenvalue weighted by atomic mass is 32.2. The Morgan fingerprint density at radius 2 is 1.89 bits per heavy atom. The molecule has 0 saturated carbocycles. The van der Waals surface area contributed by atoms with E-state index in [0.29, 0.717) is 18.0 Å². The Bertz CT molecular complexity index is 914. The maximum Gasteiger partial charge on any atom is 0.247 e. The van der Waals surface area contributed by atoms with E-state index in [4.69, 9.17) is 4.74 Å². The first kappa shape index (κ1) is 20.4. The smallest absolute Gasteiger partial charge is 0.247 e. The predicted octanol–water partition coefficient (Wildman–Crippen LogP) is 3.18. The van der Waals surface area contributed by atoms with E-state index in [1.54, 1.807) is 30.3 Å². The summed E-state index contributed by atoms with van der Waals surface area (Å²) >= 11 is 0. The lowest BCUT2D eigenvalue weighted by atomic mass is 10.2. The monoisotopic (exact) mass is 392 g/mol. The maximum atomic E-state index is 14.1. The van der Waals surface area contributed by atoms with Crippen LogP contribution in [0.25, 0.3) is 0 Å². The van der Waals surface area contributed by atoms with E-state index in [9.17, 15) is 17.6 Å². The lowest BCUT2D eigenvalue weighted by Gasteiger charge is -2.28. The molecule has 2 aromatic rings. The predicted molar refractivity (Wildman–Crippen MR) is 104 cm³/mol. The van der Waals surface area contributed by atoms with Crippen LogP contribution in [0.15, 0.2) is 61.2 Å². The molecular weight excluding hydrogens is 371 g/mol. The van der Waals surface area contributed by atoms with Gasteiger partial charge in [-0.2, -0.15) is 0 Å². The molecule has 0 aromatic heterocycles. The number of carbonyl (C=O) groups excluding carboxylic acids is 1. The van der Waals surface area contributed by atoms with Crippen LogP contribution >= 0.6 is 0 Å². The third kappa shape index (κ3) is 5.30. The van der Waals surface area contributed by atoms with Gasteiger partial charge in [-0.1, -0.05) is 24.8 Å². The van der Waals surface area contributed by atoms with Crippen LogP contribution in [-0.4, -0.2) is 33.2 Å². The summed E-state index contributed by atoms with van der Waals surface area (Å²) in [5.74, 6) is -0.722. The van der Waals surface area contributed by atoms with Crippen molar-refractivity contribution < 1.29 is 22.3 Å². The van der Waals surface area contributed by atoms with Crippen LogP contribution in [-0.2, 0) is 14.8 Å². The van der Waals surface area contributed by atoms with Gasteiger partial charge in [-0.25, -0.2) is 12.8 Å². The van der Waals surface area contributed by atoms with Gasteiger partial charge in [-0.15, -0.1) is 0 Å². The Kier molecular flexibility index (Phi) is 6.57. The second-order valence-corrected chi connectivity index (χ2v) is 7.66. The third-order valence-corrected chi connectivity index (χ3v) is 4.90. The van der Waals surface area contributed by atoms with E-state index in [1.165, 1.54) is 25.1 Å². The van der Waals surface area contributed by atoms with Gasteiger partial charge in [0.25, 0.3) is 0 Å². The number of benzene rings is 2. The van der Waals surface area contributed by atoms with E-state index < -0.39 is 27.8 Å². The number of nitrogens with one attached hydrogen (secondary N) is 1. The number of hydrogen-bond donors (Lipinski definition) is 1. The van der Waals surface area contributed by atoms with Crippen LogP contribution in [0.2, 0.25) is 0 Å². The molecule has 2 rings (SSSR count). The van der Waals surface area contributed by atoms with E-state index in [-0.39, 0.29) is 5.69 Å². The molecule has 0 aliphatic carbocycles. The van der Waals surface area contributed by atoms with E-state index in [0.717, 1.165) is 16.6 Å². The van der Waals surface area contributed by atoms with Crippen LogP contribution in [0.1, 0.15) is 6.92 Å². The van der Waals surface area contributed by atoms with Gasteiger partial charge < -0.3 is 10.1 Å². The van der Waals surface area contributed by atoms with E-state index in [2.05, 4.69) is 11.9 Å². The number of halogens is 1. The molecule has 144 valence electrons. The molecule has 6 nitrogen and oxygen atoms in total. The quantitative estimate of drug-likeness (QED) is 0.700. The molecule has 8 heteroatoms. The topological polar surface area (TPSA) is 75.7 Å². The number of ether oxygens (including phenoxy) is 1. The molecule has 0 bridgehead atoms. The molecule has 27 heavy (non-hydrogen) atoms. The Labute approximate surface area is 158 Å². The largest absolute Gasteiger partial charge is 0.490 e. The van der Waals surface area contributed by atoms with Crippen molar-refractivity contribution in [3.63, 3.8) is 0 Å². The van der Waals surface area contributed by atoms with Gasteiger partial charge in [0.2, 0.25) is 15.9 Å². The van der Waals surface area contributed by atoms with Crippen molar-refractivity contribution >= 4 is 27.3 Å². The van der Waals surface area contributed by atoms with Gasteiger partial charge in [0.1, 0.15) is 24.2 Å². The molecular formula is C19H21FN2O4S. The average molecular weight is 392 g/mol. The highest BCUT2D eigenvalue weighted by Gasteiger charge is 2.30. The molecule has 1 N–H and O–H groups in total. The van der Waals surface area contributed by atoms with Gasteiger partial charge in [-0.3, -0.25) is 9.10 Å². The fourth-order valence-corrected chi connectivity index (χ4v) is 3.62. The van der Waals surface area contributed by atoms with Crippen molar-refractivity contribution in [2.75, 3.05) is 22.5 Å². The van der Waals surface area contributed by atoms with Crippen molar-refractivity contribution in [1.29, 1.82) is 0 Å². The molecule has 0 heterocycles. The number of anilines is 2. The molecule has 0 radical (unpaired) electrons. The second-order valence-electron chi connectivity index (χ2n) is 5.80. The number of nitrogens with zero attached hydrogens (tertiary/aromatic N) is 1. The normalized spacial score (nSPS) is 12.1. The molecule has 0 spiro atoms. The minimum Gasteiger partial charge on any atom is -0.490 e. The van der Waals surface area contributed by atoms with E-state index >= 15 is 0 Å². The maximum absolute atomic E-state index is 14.1. The van der Waals surface area contributed by atoms with Crippen LogP contribution < -0.4 is 14.4 Å². The summed E-state index contributed by atoms with van der Waals surface area (Å²) in [7, 11) is -3.89. The fraction of sp³-hybridized carbons (Fsp3) is 0.211. The van der Waals surface area contributed by atoms with Gasteiger partial charge in [0.05, 0.1) is 11.9 Å². The standard InChI is InChI=1S/C19H21FN2O4S/c1-4-13-26-16-11-9-15(10-12-16)21-19(23)14(2)22(27(3,24)25)18-8-6-5-7-17(18)20/h4-12,14H,1,13H2,2-3H3,(H,21,23)/t14-/m0/s1. The average Bonchev–Trinajstić information content (AvgIpc) is 2.61. The van der Waals surface area contributed by atoms with Crippen molar-refractivity contribution in [2.45, 2.75) is 13.0 Å². The highest BCUT2D eigenvalue weighted by Crippen LogP contribution is 2.25. The van der Waals surface area contributed by atoms with Gasteiger partial charge >= 0.3 is 0 Å². The minimum atomic E-state index is -3.89. The molecule has 1 amide bonds. The third-order valence-electron chi connectivity index (χ3n) is 3.67. The summed E-state index contributed by atoms with van der Waals surface area (Å²) in [4.78, 5) is 12.6. The zero-order valence-electron chi connectivity index (χ0n) is 15.1. The number of amides is 1. The molecule has 1 atom stereocenters. The molecule has 2 aromatic carbocycles. The summed E-state index contributed by atoms with van der Waals surface area (Å²) < 4.78 is 44.6. The summed E-state index contributed by atoms with van der Waals surface area (Å²) in [6.45, 7) is 5.31. The Balaban J connectivity index is 2.20. The summed E-state index contributed by atoms with van der Waals surface area (Å²) in [6, 6.07) is 10.8. The van der Waals surface area contributed by atoms with Crippen molar-refractivity contribution in [3.8, 4) is 5.75 Å². The number of sulfonamides is 1. The van der Waals surface area contributed by atoms with Crippen molar-refractivity contribution in [1.82, 2.24) is 0 Å². The first-order valence-corrected chi connectivity index (χ1v) is 9.97. The van der Waals surface area contributed by atoms with Crippen molar-refractivity contribution in [3.05, 3.63) is 67.0 Å². The van der Waals surface area contributed by atoms with Crippen LogP contribution in [0.3, 0.4) is 0 Å². The fourth-order valence-electron chi connectivity index (χ4n) is 2.45. The van der Waals surface area contributed by atoms with E-state index in [1.807, 2.05) is 0 Å². The number of para-hydroxylation sites is 1. The lowest BCUT2D eigenvalue weighted by Crippen LogP contribution is -2.45. The van der Waals surface area contributed by atoms with Gasteiger partial charge in [-0.05, 0) is 43.3 Å². The number of rotatable bonds is 8. The Morgan fingerprint density at radius 3 is 2.44 bits per heavy atom. The zero-order valence-corrected chi connectivity index (χ0v) is 15.9. The first-order chi connectivity index (χ1) is 12.7. The van der Waals surface area contributed by atoms with Crippen LogP contribution in [0.5, 0.6) is 5.75 Å². The van der Waals surface area contributed by atoms with Gasteiger partial charge in [0, 0.05) is 5.69 Å².